The molecule has 2 amide bonds. The largest absolute Gasteiger partial charge is 0.368 e. The van der Waals surface area contributed by atoms with Crippen molar-refractivity contribution in [1.82, 2.24) is 9.62 Å². The van der Waals surface area contributed by atoms with Gasteiger partial charge in [-0.2, -0.15) is 0 Å². The molecule has 8 nitrogen and oxygen atoms in total. The van der Waals surface area contributed by atoms with Crippen molar-refractivity contribution in [1.29, 1.82) is 0 Å². The molecule has 1 fully saturated rings. The van der Waals surface area contributed by atoms with E-state index in [4.69, 9.17) is 0 Å². The molecule has 1 aliphatic heterocycles. The lowest BCUT2D eigenvalue weighted by Crippen LogP contribution is -2.46. The molecule has 4 aromatic rings. The molecule has 0 aliphatic carbocycles. The van der Waals surface area contributed by atoms with Crippen molar-refractivity contribution in [3.8, 4) is 0 Å². The second kappa shape index (κ2) is 12.1. The number of carbonyl (C=O) groups excluding carboxylic acids is 1. The molecule has 4 aromatic carbocycles. The Balaban J connectivity index is 1.42. The summed E-state index contributed by atoms with van der Waals surface area (Å²) in [4.78, 5) is 17.6. The molecule has 0 radical (unpaired) electrons. The summed E-state index contributed by atoms with van der Waals surface area (Å²) in [6.07, 6.45) is 0. The van der Waals surface area contributed by atoms with Crippen LogP contribution < -0.4 is 20.3 Å². The molecule has 1 atom stereocenters. The van der Waals surface area contributed by atoms with E-state index in [0.29, 0.717) is 17.1 Å². The van der Waals surface area contributed by atoms with Crippen molar-refractivity contribution in [2.75, 3.05) is 48.3 Å². The van der Waals surface area contributed by atoms with Crippen molar-refractivity contribution >= 4 is 43.9 Å². The first-order chi connectivity index (χ1) is 19.3. The van der Waals surface area contributed by atoms with Gasteiger partial charge in [0.1, 0.15) is 4.90 Å². The van der Waals surface area contributed by atoms with E-state index >= 15 is 0 Å². The highest BCUT2D eigenvalue weighted by molar-refractivity contribution is 7.89. The normalized spacial score (nSPS) is 15.1. The van der Waals surface area contributed by atoms with Crippen LogP contribution in [0.1, 0.15) is 25.5 Å². The molecular weight excluding hydrogens is 522 g/mol. The number of hydrogen-bond acceptors (Lipinski definition) is 5. The van der Waals surface area contributed by atoms with Gasteiger partial charge in [-0.15, -0.1) is 0 Å². The minimum atomic E-state index is -3.93. The number of rotatable bonds is 8. The van der Waals surface area contributed by atoms with Crippen molar-refractivity contribution in [2.24, 2.45) is 0 Å². The van der Waals surface area contributed by atoms with Gasteiger partial charge in [-0.25, -0.2) is 17.9 Å². The zero-order valence-corrected chi connectivity index (χ0v) is 23.6. The van der Waals surface area contributed by atoms with Crippen LogP contribution in [-0.4, -0.2) is 52.1 Å². The third-order valence-electron chi connectivity index (χ3n) is 7.34. The molecule has 0 aromatic heterocycles. The fourth-order valence-corrected chi connectivity index (χ4v) is 6.58. The first-order valence-corrected chi connectivity index (χ1v) is 15.1. The summed E-state index contributed by atoms with van der Waals surface area (Å²) in [7, 11) is -3.93. The van der Waals surface area contributed by atoms with Gasteiger partial charge in [0, 0.05) is 43.3 Å². The molecule has 5 rings (SSSR count). The number of likely N-dealkylation sites (N-methyl/N-ethyl adjacent to an activating group) is 1. The van der Waals surface area contributed by atoms with E-state index in [1.165, 1.54) is 0 Å². The maximum absolute atomic E-state index is 13.8. The molecule has 1 aliphatic rings. The first kappa shape index (κ1) is 27.6. The number of amides is 2. The lowest BCUT2D eigenvalue weighted by Gasteiger charge is -2.36. The van der Waals surface area contributed by atoms with Crippen LogP contribution in [0.5, 0.6) is 0 Å². The van der Waals surface area contributed by atoms with E-state index in [2.05, 4.69) is 32.1 Å². The van der Waals surface area contributed by atoms with Gasteiger partial charge in [0.25, 0.3) is 0 Å². The number of anilines is 3. The molecule has 0 unspecified atom stereocenters. The molecule has 3 N–H and O–H groups in total. The van der Waals surface area contributed by atoms with Crippen molar-refractivity contribution in [2.45, 2.75) is 24.8 Å². The van der Waals surface area contributed by atoms with Crippen molar-refractivity contribution in [3.63, 3.8) is 0 Å². The monoisotopic (exact) mass is 557 g/mol. The topological polar surface area (TPSA) is 93.8 Å². The van der Waals surface area contributed by atoms with Crippen LogP contribution in [0.4, 0.5) is 21.9 Å². The third kappa shape index (κ3) is 6.28. The van der Waals surface area contributed by atoms with E-state index in [0.717, 1.165) is 49.1 Å². The van der Waals surface area contributed by atoms with E-state index in [9.17, 15) is 13.2 Å². The summed E-state index contributed by atoms with van der Waals surface area (Å²) in [5, 5.41) is 7.67. The standard InChI is InChI=1S/C31H35N5O3S/c1-3-35-18-20-36(21-19-35)29-17-16-26(22-30(29)40(38,39)34-23(2)24-10-5-4-6-11-24)32-31(37)33-28-15-9-13-25-12-7-8-14-27(25)28/h4-17,22-23,34H,3,18-21H2,1-2H3,(H2,32,33,37)/t23-/m1/s1. The zero-order chi connectivity index (χ0) is 28.1. The molecule has 9 heteroatoms. The zero-order valence-electron chi connectivity index (χ0n) is 22.8. The second-order valence-corrected chi connectivity index (χ2v) is 11.6. The lowest BCUT2D eigenvalue weighted by molar-refractivity contribution is 0.262. The molecule has 0 spiro atoms. The maximum Gasteiger partial charge on any atom is 0.323 e. The van der Waals surface area contributed by atoms with Crippen LogP contribution in [0.15, 0.2) is 95.9 Å². The quantitative estimate of drug-likeness (QED) is 0.260. The van der Waals surface area contributed by atoms with Gasteiger partial charge in [0.05, 0.1) is 11.4 Å². The van der Waals surface area contributed by atoms with Crippen LogP contribution in [-0.2, 0) is 10.0 Å². The highest BCUT2D eigenvalue weighted by Gasteiger charge is 2.27. The Hall–Kier alpha value is -3.92. The molecule has 1 heterocycles. The highest BCUT2D eigenvalue weighted by atomic mass is 32.2. The first-order valence-electron chi connectivity index (χ1n) is 13.6. The average Bonchev–Trinajstić information content (AvgIpc) is 2.97. The maximum atomic E-state index is 13.8. The summed E-state index contributed by atoms with van der Waals surface area (Å²) < 4.78 is 30.4. The van der Waals surface area contributed by atoms with Crippen LogP contribution in [0.3, 0.4) is 0 Å². The Morgan fingerprint density at radius 1 is 0.850 bits per heavy atom. The van der Waals surface area contributed by atoms with Gasteiger partial charge in [-0.05, 0) is 48.7 Å². The van der Waals surface area contributed by atoms with E-state index in [-0.39, 0.29) is 4.90 Å². The summed E-state index contributed by atoms with van der Waals surface area (Å²) >= 11 is 0. The predicted octanol–water partition coefficient (Wildman–Crippen LogP) is 5.67. The number of carbonyl (C=O) groups is 1. The SMILES string of the molecule is CCN1CCN(c2ccc(NC(=O)Nc3cccc4ccccc34)cc2S(=O)(=O)N[C@H](C)c2ccccc2)CC1. The second-order valence-electron chi connectivity index (χ2n) is 9.96. The fourth-order valence-electron chi connectivity index (χ4n) is 5.10. The number of sulfonamides is 1. The number of piperazine rings is 1. The Kier molecular flexibility index (Phi) is 8.35. The van der Waals surface area contributed by atoms with Gasteiger partial charge in [0.2, 0.25) is 10.0 Å². The van der Waals surface area contributed by atoms with Gasteiger partial charge in [0.15, 0.2) is 0 Å². The van der Waals surface area contributed by atoms with Gasteiger partial charge in [-0.3, -0.25) is 0 Å². The van der Waals surface area contributed by atoms with Crippen LogP contribution in [0, 0.1) is 0 Å². The Morgan fingerprint density at radius 2 is 1.55 bits per heavy atom. The van der Waals surface area contributed by atoms with Gasteiger partial charge >= 0.3 is 6.03 Å². The highest BCUT2D eigenvalue weighted by Crippen LogP contribution is 2.31. The average molecular weight is 558 g/mol. The smallest absolute Gasteiger partial charge is 0.323 e. The van der Waals surface area contributed by atoms with Crippen molar-refractivity contribution in [3.05, 3.63) is 96.6 Å². The molecular formula is C31H35N5O3S. The lowest BCUT2D eigenvalue weighted by atomic mass is 10.1. The predicted molar refractivity (Wildman–Crippen MR) is 163 cm³/mol. The fraction of sp³-hybridized carbons (Fsp3) is 0.258. The van der Waals surface area contributed by atoms with Crippen molar-refractivity contribution < 1.29 is 13.2 Å². The third-order valence-corrected chi connectivity index (χ3v) is 8.91. The summed E-state index contributed by atoms with van der Waals surface area (Å²) in [5.74, 6) is 0. The Bertz CT molecular complexity index is 1580. The number of hydrogen-bond donors (Lipinski definition) is 3. The summed E-state index contributed by atoms with van der Waals surface area (Å²) in [6, 6.07) is 27.2. The number of urea groups is 1. The van der Waals surface area contributed by atoms with E-state index in [1.54, 1.807) is 18.2 Å². The Morgan fingerprint density at radius 3 is 2.30 bits per heavy atom. The molecule has 0 saturated carbocycles. The van der Waals surface area contributed by atoms with Gasteiger partial charge < -0.3 is 20.4 Å². The molecule has 40 heavy (non-hydrogen) atoms. The van der Waals surface area contributed by atoms with Gasteiger partial charge in [-0.1, -0.05) is 73.7 Å². The number of nitrogens with one attached hydrogen (secondary N) is 3. The molecule has 0 bridgehead atoms. The summed E-state index contributed by atoms with van der Waals surface area (Å²) in [6.45, 7) is 8.08. The molecule has 208 valence electrons. The number of fused-ring (bicyclic) bond motifs is 1. The van der Waals surface area contributed by atoms with Crippen LogP contribution >= 0.6 is 0 Å². The summed E-state index contributed by atoms with van der Waals surface area (Å²) in [5.41, 5.74) is 2.56. The number of benzene rings is 4. The minimum Gasteiger partial charge on any atom is -0.368 e. The van der Waals surface area contributed by atoms with E-state index in [1.807, 2.05) is 79.7 Å². The molecule has 1 saturated heterocycles. The number of nitrogens with zero attached hydrogens (tertiary/aromatic N) is 2. The van der Waals surface area contributed by atoms with E-state index < -0.39 is 22.1 Å². The van der Waals surface area contributed by atoms with Crippen LogP contribution in [0.25, 0.3) is 10.8 Å². The van der Waals surface area contributed by atoms with Crippen LogP contribution in [0.2, 0.25) is 0 Å². The minimum absolute atomic E-state index is 0.142. The Labute approximate surface area is 236 Å².